The number of hydrogen-bond acceptors (Lipinski definition) is 5. The first-order valence-corrected chi connectivity index (χ1v) is 11.0. The van der Waals surface area contributed by atoms with Gasteiger partial charge < -0.3 is 19.2 Å². The molecule has 4 aromatic rings. The van der Waals surface area contributed by atoms with Crippen molar-refractivity contribution in [3.63, 3.8) is 0 Å². The summed E-state index contributed by atoms with van der Waals surface area (Å²) in [4.78, 5) is 28.3. The highest BCUT2D eigenvalue weighted by Crippen LogP contribution is 2.40. The summed E-state index contributed by atoms with van der Waals surface area (Å²) in [7, 11) is 1.56. The highest BCUT2D eigenvalue weighted by molar-refractivity contribution is 6.16. The maximum atomic E-state index is 13.6. The average molecular weight is 453 g/mol. The summed E-state index contributed by atoms with van der Waals surface area (Å²) in [5.74, 6) is -0.977. The Kier molecular flexibility index (Phi) is 5.64. The third-order valence-electron chi connectivity index (χ3n) is 6.09. The predicted molar refractivity (Wildman–Crippen MR) is 128 cm³/mol. The molecule has 170 valence electrons. The number of fused-ring (bicyclic) bond motifs is 1. The van der Waals surface area contributed by atoms with Gasteiger partial charge in [-0.3, -0.25) is 9.59 Å². The quantitative estimate of drug-likeness (QED) is 0.386. The maximum Gasteiger partial charge on any atom is 0.290 e. The Morgan fingerprint density at radius 2 is 1.76 bits per heavy atom. The molecule has 0 bridgehead atoms. The lowest BCUT2D eigenvalue weighted by Crippen LogP contribution is -2.33. The van der Waals surface area contributed by atoms with Gasteiger partial charge in [-0.25, -0.2) is 0 Å². The maximum absolute atomic E-state index is 13.6. The molecule has 5 rings (SSSR count). The Bertz CT molecular complexity index is 1370. The van der Waals surface area contributed by atoms with Gasteiger partial charge in [0.2, 0.25) is 5.78 Å². The number of hydrogen-bond donors (Lipinski definition) is 1. The summed E-state index contributed by atoms with van der Waals surface area (Å²) >= 11 is 0. The van der Waals surface area contributed by atoms with Crippen molar-refractivity contribution < 1.29 is 23.8 Å². The SMILES string of the molecule is COc1cccc(C2C(C(=O)c3cc4ccccc4o3)=C(O)C(=O)N2CCc2ccccc2)c1. The molecule has 2 heterocycles. The number of benzene rings is 3. The van der Waals surface area contributed by atoms with Gasteiger partial charge in [-0.05, 0) is 41.8 Å². The zero-order chi connectivity index (χ0) is 23.7. The predicted octanol–water partition coefficient (Wildman–Crippen LogP) is 5.26. The van der Waals surface area contributed by atoms with E-state index in [0.717, 1.165) is 10.9 Å². The topological polar surface area (TPSA) is 80.0 Å². The largest absolute Gasteiger partial charge is 0.503 e. The van der Waals surface area contributed by atoms with Gasteiger partial charge in [0.1, 0.15) is 11.3 Å². The van der Waals surface area contributed by atoms with Gasteiger partial charge in [0.05, 0.1) is 18.7 Å². The number of Topliss-reactive ketones (excluding diaryl/α,β-unsaturated/α-hetero) is 1. The number of aliphatic hydroxyl groups is 1. The lowest BCUT2D eigenvalue weighted by atomic mass is 9.94. The minimum Gasteiger partial charge on any atom is -0.503 e. The minimum atomic E-state index is -0.771. The summed E-state index contributed by atoms with van der Waals surface area (Å²) in [6.45, 7) is 0.325. The number of amides is 1. The monoisotopic (exact) mass is 453 g/mol. The molecule has 1 N–H and O–H groups in total. The van der Waals surface area contributed by atoms with Crippen LogP contribution >= 0.6 is 0 Å². The van der Waals surface area contributed by atoms with Crippen LogP contribution in [0.2, 0.25) is 0 Å². The first-order chi connectivity index (χ1) is 16.6. The normalized spacial score (nSPS) is 15.9. The van der Waals surface area contributed by atoms with Crippen molar-refractivity contribution in [1.29, 1.82) is 0 Å². The third kappa shape index (κ3) is 3.83. The zero-order valence-corrected chi connectivity index (χ0v) is 18.6. The van der Waals surface area contributed by atoms with E-state index >= 15 is 0 Å². The molecule has 3 aromatic carbocycles. The van der Waals surface area contributed by atoms with E-state index in [-0.39, 0.29) is 11.3 Å². The van der Waals surface area contributed by atoms with E-state index < -0.39 is 23.5 Å². The van der Waals surface area contributed by atoms with E-state index in [1.54, 1.807) is 37.4 Å². The molecule has 1 aromatic heterocycles. The minimum absolute atomic E-state index is 0.00497. The molecule has 0 saturated carbocycles. The van der Waals surface area contributed by atoms with Crippen LogP contribution in [0.1, 0.15) is 27.7 Å². The number of furan rings is 1. The Morgan fingerprint density at radius 1 is 1.00 bits per heavy atom. The van der Waals surface area contributed by atoms with Gasteiger partial charge in [0.25, 0.3) is 5.91 Å². The van der Waals surface area contributed by atoms with Crippen molar-refractivity contribution in [2.45, 2.75) is 12.5 Å². The van der Waals surface area contributed by atoms with Crippen LogP contribution in [0.3, 0.4) is 0 Å². The van der Waals surface area contributed by atoms with Gasteiger partial charge >= 0.3 is 0 Å². The van der Waals surface area contributed by atoms with Gasteiger partial charge in [0.15, 0.2) is 11.5 Å². The van der Waals surface area contributed by atoms with Crippen molar-refractivity contribution in [2.24, 2.45) is 0 Å². The number of ether oxygens (including phenoxy) is 1. The number of carbonyl (C=O) groups is 2. The number of aliphatic hydroxyl groups excluding tert-OH is 1. The first-order valence-electron chi connectivity index (χ1n) is 11.0. The summed E-state index contributed by atoms with van der Waals surface area (Å²) in [6.07, 6.45) is 0.576. The number of carbonyl (C=O) groups excluding carboxylic acids is 2. The fraction of sp³-hybridized carbons (Fsp3) is 0.143. The van der Waals surface area contributed by atoms with Crippen LogP contribution in [0.5, 0.6) is 5.75 Å². The van der Waals surface area contributed by atoms with Crippen LogP contribution in [0, 0.1) is 0 Å². The number of para-hydroxylation sites is 1. The summed E-state index contributed by atoms with van der Waals surface area (Å²) in [5.41, 5.74) is 2.29. The van der Waals surface area contributed by atoms with Gasteiger partial charge in [-0.15, -0.1) is 0 Å². The van der Waals surface area contributed by atoms with Crippen LogP contribution < -0.4 is 4.74 Å². The van der Waals surface area contributed by atoms with E-state index in [9.17, 15) is 14.7 Å². The van der Waals surface area contributed by atoms with E-state index in [4.69, 9.17) is 9.15 Å². The van der Waals surface area contributed by atoms with E-state index in [0.29, 0.717) is 29.9 Å². The van der Waals surface area contributed by atoms with Crippen LogP contribution in [-0.4, -0.2) is 35.4 Å². The van der Waals surface area contributed by atoms with Crippen molar-refractivity contribution in [3.8, 4) is 5.75 Å². The third-order valence-corrected chi connectivity index (χ3v) is 6.09. The molecule has 6 nitrogen and oxygen atoms in total. The molecular weight excluding hydrogens is 430 g/mol. The standard InChI is InChI=1S/C28H23NO5/c1-33-21-12-7-11-20(16-21)25-24(26(30)23-17-19-10-5-6-13-22(19)34-23)27(31)28(32)29(25)15-14-18-8-3-2-4-9-18/h2-13,16-17,25,31H,14-15H2,1H3. The molecule has 0 saturated heterocycles. The smallest absolute Gasteiger partial charge is 0.290 e. The molecule has 1 atom stereocenters. The Morgan fingerprint density at radius 3 is 2.53 bits per heavy atom. The second-order valence-electron chi connectivity index (χ2n) is 8.15. The van der Waals surface area contributed by atoms with Gasteiger partial charge in [-0.1, -0.05) is 60.7 Å². The number of nitrogens with zero attached hydrogens (tertiary/aromatic N) is 1. The lowest BCUT2D eigenvalue weighted by Gasteiger charge is -2.27. The second kappa shape index (κ2) is 8.90. The molecule has 1 unspecified atom stereocenters. The fourth-order valence-corrected chi connectivity index (χ4v) is 4.40. The van der Waals surface area contributed by atoms with Crippen molar-refractivity contribution >= 4 is 22.7 Å². The van der Waals surface area contributed by atoms with E-state index in [1.807, 2.05) is 54.6 Å². The number of ketones is 1. The number of methoxy groups -OCH3 is 1. The molecule has 1 amide bonds. The Labute approximate surface area is 196 Å². The molecule has 0 spiro atoms. The molecule has 0 radical (unpaired) electrons. The van der Waals surface area contributed by atoms with Crippen molar-refractivity contribution in [2.75, 3.05) is 13.7 Å². The lowest BCUT2D eigenvalue weighted by molar-refractivity contribution is -0.129. The van der Waals surface area contributed by atoms with Crippen LogP contribution in [0.4, 0.5) is 0 Å². The van der Waals surface area contributed by atoms with Crippen molar-refractivity contribution in [3.05, 3.63) is 113 Å². The Hall–Kier alpha value is -4.32. The second-order valence-corrected chi connectivity index (χ2v) is 8.15. The molecular formula is C28H23NO5. The van der Waals surface area contributed by atoms with Gasteiger partial charge in [-0.2, -0.15) is 0 Å². The highest BCUT2D eigenvalue weighted by atomic mass is 16.5. The molecule has 1 aliphatic rings. The number of rotatable bonds is 7. The molecule has 0 fully saturated rings. The first kappa shape index (κ1) is 21.5. The zero-order valence-electron chi connectivity index (χ0n) is 18.6. The van der Waals surface area contributed by atoms with Crippen LogP contribution in [0.25, 0.3) is 11.0 Å². The Balaban J connectivity index is 1.56. The summed E-state index contributed by atoms with van der Waals surface area (Å²) in [6, 6.07) is 25.1. The molecule has 1 aliphatic heterocycles. The van der Waals surface area contributed by atoms with Crippen molar-refractivity contribution in [1.82, 2.24) is 4.90 Å². The summed E-state index contributed by atoms with van der Waals surface area (Å²) in [5, 5.41) is 11.7. The fourth-order valence-electron chi connectivity index (χ4n) is 4.40. The van der Waals surface area contributed by atoms with Crippen LogP contribution in [-0.2, 0) is 11.2 Å². The molecule has 6 heteroatoms. The average Bonchev–Trinajstić information content (AvgIpc) is 3.42. The molecule has 0 aliphatic carbocycles. The van der Waals surface area contributed by atoms with Crippen LogP contribution in [0.15, 0.2) is 101 Å². The highest BCUT2D eigenvalue weighted by Gasteiger charge is 2.44. The molecule has 34 heavy (non-hydrogen) atoms. The van der Waals surface area contributed by atoms with E-state index in [2.05, 4.69) is 0 Å². The van der Waals surface area contributed by atoms with Gasteiger partial charge in [0, 0.05) is 11.9 Å². The summed E-state index contributed by atoms with van der Waals surface area (Å²) < 4.78 is 11.1. The van der Waals surface area contributed by atoms with E-state index in [1.165, 1.54) is 4.90 Å².